The van der Waals surface area contributed by atoms with Crippen molar-refractivity contribution in [3.63, 3.8) is 0 Å². The molecular weight excluding hydrogens is 260 g/mol. The summed E-state index contributed by atoms with van der Waals surface area (Å²) in [6.45, 7) is 4.61. The summed E-state index contributed by atoms with van der Waals surface area (Å²) < 4.78 is 0. The molecule has 0 aromatic heterocycles. The average Bonchev–Trinajstić information content (AvgIpc) is 2.72. The lowest BCUT2D eigenvalue weighted by molar-refractivity contribution is 0.00335. The Morgan fingerprint density at radius 2 is 1.62 bits per heavy atom. The Bertz CT molecular complexity index is 337. The van der Waals surface area contributed by atoms with E-state index in [9.17, 15) is 0 Å². The van der Waals surface area contributed by atoms with E-state index in [1.54, 1.807) is 0 Å². The monoisotopic (exact) mass is 294 g/mol. The van der Waals surface area contributed by atoms with Crippen LogP contribution in [0.15, 0.2) is 0 Å². The van der Waals surface area contributed by atoms with E-state index in [0.29, 0.717) is 0 Å². The van der Waals surface area contributed by atoms with Gasteiger partial charge in [0.25, 0.3) is 0 Å². The number of piperidine rings is 2. The van der Waals surface area contributed by atoms with Crippen molar-refractivity contribution in [1.29, 1.82) is 0 Å². The van der Waals surface area contributed by atoms with E-state index in [2.05, 4.69) is 35.8 Å². The zero-order chi connectivity index (χ0) is 15.0. The van der Waals surface area contributed by atoms with Crippen LogP contribution in [0.25, 0.3) is 0 Å². The van der Waals surface area contributed by atoms with Gasteiger partial charge in [-0.15, -0.1) is 0 Å². The predicted octanol–water partition coefficient (Wildman–Crippen LogP) is 1.21. The highest BCUT2D eigenvalue weighted by Crippen LogP contribution is 2.42. The molecule has 21 heavy (non-hydrogen) atoms. The second kappa shape index (κ2) is 6.15. The van der Waals surface area contributed by atoms with Crippen LogP contribution in [-0.2, 0) is 0 Å². The van der Waals surface area contributed by atoms with Gasteiger partial charge in [-0.05, 0) is 78.7 Å². The Balaban J connectivity index is 1.63. The molecule has 0 radical (unpaired) electrons. The number of likely N-dealkylation sites (tertiary alicyclic amines) is 1. The van der Waals surface area contributed by atoms with Gasteiger partial charge in [0.15, 0.2) is 0 Å². The summed E-state index contributed by atoms with van der Waals surface area (Å²) in [5.74, 6) is 0.868. The van der Waals surface area contributed by atoms with Gasteiger partial charge in [-0.3, -0.25) is 4.90 Å². The third kappa shape index (κ3) is 3.00. The van der Waals surface area contributed by atoms with Gasteiger partial charge < -0.3 is 15.5 Å². The number of nitrogens with two attached hydrogens (primary N) is 1. The molecule has 0 spiro atoms. The quantitative estimate of drug-likeness (QED) is 0.845. The van der Waals surface area contributed by atoms with Gasteiger partial charge in [-0.1, -0.05) is 0 Å². The lowest BCUT2D eigenvalue weighted by atomic mass is 9.80. The molecule has 3 fully saturated rings. The summed E-state index contributed by atoms with van der Waals surface area (Å²) in [5, 5.41) is 0. The van der Waals surface area contributed by atoms with Crippen molar-refractivity contribution in [3.8, 4) is 0 Å². The second-order valence-corrected chi connectivity index (χ2v) is 8.01. The zero-order valence-electron chi connectivity index (χ0n) is 14.2. The summed E-state index contributed by atoms with van der Waals surface area (Å²) in [5.41, 5.74) is 6.56. The van der Waals surface area contributed by atoms with Gasteiger partial charge in [0.1, 0.15) is 0 Å². The molecule has 3 heterocycles. The molecule has 3 aliphatic rings. The maximum atomic E-state index is 6.30. The van der Waals surface area contributed by atoms with Gasteiger partial charge in [-0.25, -0.2) is 0 Å². The Morgan fingerprint density at radius 1 is 1.05 bits per heavy atom. The number of fused-ring (bicyclic) bond motifs is 2. The molecule has 0 aromatic carbocycles. The van der Waals surface area contributed by atoms with Crippen molar-refractivity contribution in [2.24, 2.45) is 11.7 Å². The first-order valence-corrected chi connectivity index (χ1v) is 8.86. The van der Waals surface area contributed by atoms with Crippen molar-refractivity contribution in [2.45, 2.75) is 56.1 Å². The average molecular weight is 294 g/mol. The molecule has 0 saturated carbocycles. The number of nitrogens with zero attached hydrogens (tertiary/aromatic N) is 3. The van der Waals surface area contributed by atoms with Gasteiger partial charge in [0.05, 0.1) is 0 Å². The lowest BCUT2D eigenvalue weighted by Crippen LogP contribution is -2.61. The molecule has 2 atom stereocenters. The Hall–Kier alpha value is -0.160. The first-order chi connectivity index (χ1) is 10.0. The predicted molar refractivity (Wildman–Crippen MR) is 88.4 cm³/mol. The number of rotatable bonds is 4. The van der Waals surface area contributed by atoms with Crippen molar-refractivity contribution in [3.05, 3.63) is 0 Å². The summed E-state index contributed by atoms with van der Waals surface area (Å²) in [6, 6.07) is 1.54. The van der Waals surface area contributed by atoms with E-state index in [1.807, 2.05) is 0 Å². The van der Waals surface area contributed by atoms with E-state index < -0.39 is 0 Å². The van der Waals surface area contributed by atoms with Crippen LogP contribution >= 0.6 is 0 Å². The normalized spacial score (nSPS) is 39.3. The lowest BCUT2D eigenvalue weighted by Gasteiger charge is -2.51. The number of hydrogen-bond donors (Lipinski definition) is 1. The van der Waals surface area contributed by atoms with Crippen LogP contribution in [0.2, 0.25) is 0 Å². The molecule has 2 bridgehead atoms. The topological polar surface area (TPSA) is 35.7 Å². The molecule has 122 valence electrons. The molecular formula is C17H34N4. The Morgan fingerprint density at radius 3 is 2.14 bits per heavy atom. The molecule has 3 saturated heterocycles. The number of hydrogen-bond acceptors (Lipinski definition) is 4. The van der Waals surface area contributed by atoms with Gasteiger partial charge in [0.2, 0.25) is 0 Å². The van der Waals surface area contributed by atoms with Gasteiger partial charge >= 0.3 is 0 Å². The highest BCUT2D eigenvalue weighted by molar-refractivity contribution is 5.06. The Labute approximate surface area is 130 Å². The third-order valence-electron chi connectivity index (χ3n) is 6.78. The van der Waals surface area contributed by atoms with Crippen LogP contribution in [0.5, 0.6) is 0 Å². The standard InChI is InChI=1S/C17H34N4/c1-19-8-6-14(7-9-19)12-20(2)17(13-18)10-15-4-5-16(11-17)21(15)3/h14-16H,4-13,18H2,1-3H3. The smallest absolute Gasteiger partial charge is 0.0358 e. The molecule has 3 rings (SSSR count). The van der Waals surface area contributed by atoms with E-state index in [4.69, 9.17) is 5.73 Å². The molecule has 0 aromatic rings. The summed E-state index contributed by atoms with van der Waals surface area (Å²) in [6.07, 6.45) is 8.03. The largest absolute Gasteiger partial charge is 0.329 e. The summed E-state index contributed by atoms with van der Waals surface area (Å²) >= 11 is 0. The SMILES string of the molecule is CN1CCC(CN(C)C2(CN)CC3CCC(C2)N3C)CC1. The minimum Gasteiger partial charge on any atom is -0.329 e. The van der Waals surface area contributed by atoms with Crippen LogP contribution in [0.3, 0.4) is 0 Å². The van der Waals surface area contributed by atoms with Crippen LogP contribution in [-0.4, -0.2) is 79.6 Å². The maximum absolute atomic E-state index is 6.30. The minimum absolute atomic E-state index is 0.266. The van der Waals surface area contributed by atoms with E-state index in [-0.39, 0.29) is 5.54 Å². The summed E-state index contributed by atoms with van der Waals surface area (Å²) in [4.78, 5) is 7.74. The summed E-state index contributed by atoms with van der Waals surface area (Å²) in [7, 11) is 6.91. The fourth-order valence-electron chi connectivity index (χ4n) is 5.00. The molecule has 2 unspecified atom stereocenters. The van der Waals surface area contributed by atoms with E-state index in [0.717, 1.165) is 24.5 Å². The van der Waals surface area contributed by atoms with Crippen LogP contribution in [0, 0.1) is 5.92 Å². The van der Waals surface area contributed by atoms with Crippen LogP contribution in [0.1, 0.15) is 38.5 Å². The number of likely N-dealkylation sites (N-methyl/N-ethyl adjacent to an activating group) is 1. The fraction of sp³-hybridized carbons (Fsp3) is 1.00. The van der Waals surface area contributed by atoms with Crippen molar-refractivity contribution >= 4 is 0 Å². The molecule has 0 aliphatic carbocycles. The van der Waals surface area contributed by atoms with Gasteiger partial charge in [-0.2, -0.15) is 0 Å². The Kier molecular flexibility index (Phi) is 4.60. The first-order valence-electron chi connectivity index (χ1n) is 8.86. The molecule has 3 aliphatic heterocycles. The maximum Gasteiger partial charge on any atom is 0.0358 e. The molecule has 4 heteroatoms. The fourth-order valence-corrected chi connectivity index (χ4v) is 5.00. The zero-order valence-corrected chi connectivity index (χ0v) is 14.2. The highest BCUT2D eigenvalue weighted by atomic mass is 15.3. The van der Waals surface area contributed by atoms with Crippen molar-refractivity contribution in [2.75, 3.05) is 47.3 Å². The first kappa shape index (κ1) is 15.7. The van der Waals surface area contributed by atoms with Crippen molar-refractivity contribution < 1.29 is 0 Å². The molecule has 4 nitrogen and oxygen atoms in total. The van der Waals surface area contributed by atoms with Gasteiger partial charge in [0, 0.05) is 30.7 Å². The minimum atomic E-state index is 0.266. The van der Waals surface area contributed by atoms with Crippen LogP contribution in [0.4, 0.5) is 0 Å². The molecule has 2 N–H and O–H groups in total. The van der Waals surface area contributed by atoms with E-state index >= 15 is 0 Å². The van der Waals surface area contributed by atoms with Crippen molar-refractivity contribution in [1.82, 2.24) is 14.7 Å². The second-order valence-electron chi connectivity index (χ2n) is 8.01. The van der Waals surface area contributed by atoms with Crippen LogP contribution < -0.4 is 5.73 Å². The third-order valence-corrected chi connectivity index (χ3v) is 6.78. The highest BCUT2D eigenvalue weighted by Gasteiger charge is 2.48. The van der Waals surface area contributed by atoms with E-state index in [1.165, 1.54) is 58.2 Å². The molecule has 0 amide bonds.